The van der Waals surface area contributed by atoms with Gasteiger partial charge in [-0.2, -0.15) is 0 Å². The molecule has 0 spiro atoms. The van der Waals surface area contributed by atoms with Crippen LogP contribution in [0.3, 0.4) is 0 Å². The molecule has 0 fully saturated rings. The summed E-state index contributed by atoms with van der Waals surface area (Å²) in [5.74, 6) is -1.11. The number of carbonyl (C=O) groups is 4. The highest BCUT2D eigenvalue weighted by molar-refractivity contribution is 5.96. The number of rotatable bonds is 14. The van der Waals surface area contributed by atoms with Crippen LogP contribution in [0, 0.1) is 11.8 Å². The fourth-order valence-corrected chi connectivity index (χ4v) is 3.39. The first-order valence-electron chi connectivity index (χ1n) is 11.3. The Morgan fingerprint density at radius 3 is 2.18 bits per heavy atom. The van der Waals surface area contributed by atoms with Crippen molar-refractivity contribution in [3.8, 4) is 0 Å². The molecule has 1 aromatic rings. The molecule has 5 N–H and O–H groups in total. The molecule has 33 heavy (non-hydrogen) atoms. The number of benzene rings is 1. The summed E-state index contributed by atoms with van der Waals surface area (Å²) in [5, 5.41) is 8.67. The zero-order valence-corrected chi connectivity index (χ0v) is 20.3. The quantitative estimate of drug-likeness (QED) is 0.248. The largest absolute Gasteiger partial charge is 0.461 e. The topological polar surface area (TPSA) is 140 Å². The number of nitrogens with two attached hydrogens (primary N) is 1. The van der Waals surface area contributed by atoms with E-state index in [2.05, 4.69) is 16.0 Å². The first kappa shape index (κ1) is 28.1. The van der Waals surface area contributed by atoms with Crippen LogP contribution in [0.15, 0.2) is 24.3 Å². The van der Waals surface area contributed by atoms with Crippen molar-refractivity contribution in [2.45, 2.75) is 72.6 Å². The third-order valence-electron chi connectivity index (χ3n) is 5.04. The van der Waals surface area contributed by atoms with Crippen molar-refractivity contribution < 1.29 is 23.9 Å². The van der Waals surface area contributed by atoms with Crippen LogP contribution in [0.4, 0.5) is 10.5 Å². The number of Topliss-reactive ketones (excluding diaryl/α,β-unsaturated/α-hetero) is 1. The molecule has 3 amide bonds. The lowest BCUT2D eigenvalue weighted by atomic mass is 9.89. The van der Waals surface area contributed by atoms with Crippen molar-refractivity contribution in [2.24, 2.45) is 17.6 Å². The molecule has 1 rings (SSSR count). The molecule has 0 radical (unpaired) electrons. The van der Waals surface area contributed by atoms with Gasteiger partial charge in [0.25, 0.3) is 0 Å². The van der Waals surface area contributed by atoms with Crippen LogP contribution in [-0.4, -0.2) is 42.3 Å². The van der Waals surface area contributed by atoms with E-state index in [0.717, 1.165) is 5.56 Å². The lowest BCUT2D eigenvalue weighted by Gasteiger charge is -2.25. The third kappa shape index (κ3) is 11.5. The number of ether oxygens (including phenoxy) is 1. The van der Waals surface area contributed by atoms with Crippen molar-refractivity contribution >= 4 is 29.4 Å². The van der Waals surface area contributed by atoms with Gasteiger partial charge in [0.15, 0.2) is 5.78 Å². The molecule has 0 unspecified atom stereocenters. The van der Waals surface area contributed by atoms with Gasteiger partial charge in [-0.15, -0.1) is 0 Å². The first-order valence-corrected chi connectivity index (χ1v) is 11.3. The van der Waals surface area contributed by atoms with Gasteiger partial charge in [0.05, 0.1) is 6.04 Å². The highest BCUT2D eigenvalue weighted by Crippen LogP contribution is 2.19. The van der Waals surface area contributed by atoms with Crippen LogP contribution < -0.4 is 21.7 Å². The zero-order valence-electron chi connectivity index (χ0n) is 20.3. The second kappa shape index (κ2) is 14.3. The summed E-state index contributed by atoms with van der Waals surface area (Å²) in [4.78, 5) is 47.9. The Bertz CT molecular complexity index is 793. The van der Waals surface area contributed by atoms with E-state index < -0.39 is 11.9 Å². The van der Waals surface area contributed by atoms with Crippen molar-refractivity contribution in [1.29, 1.82) is 0 Å². The lowest BCUT2D eigenvalue weighted by Crippen LogP contribution is -2.45. The molecule has 0 aromatic heterocycles. The number of primary amides is 1. The van der Waals surface area contributed by atoms with E-state index in [9.17, 15) is 19.2 Å². The minimum atomic E-state index is -0.623. The number of esters is 1. The highest BCUT2D eigenvalue weighted by Gasteiger charge is 2.28. The van der Waals surface area contributed by atoms with Crippen LogP contribution >= 0.6 is 0 Å². The highest BCUT2D eigenvalue weighted by atomic mass is 16.5. The zero-order chi connectivity index (χ0) is 25.0. The Morgan fingerprint density at radius 2 is 1.67 bits per heavy atom. The summed E-state index contributed by atoms with van der Waals surface area (Å²) < 4.78 is 4.96. The number of hydrogen-bond acceptors (Lipinski definition) is 6. The molecular weight excluding hydrogens is 424 g/mol. The standard InChI is InChI=1S/C24H38N4O5/c1-15(2)22(27-16(3)4)21(30)13-19(7-6-12-26-24(25)32)23(31)28-20-10-8-18(9-11-20)14-33-17(5)29/h8-11,15-16,19,22,27H,6-7,12-14H2,1-5H3,(H,28,31)(H3,25,26,32)/t19-,22+/m1/s1. The molecule has 9 nitrogen and oxygen atoms in total. The average molecular weight is 463 g/mol. The van der Waals surface area contributed by atoms with Crippen molar-refractivity contribution in [3.05, 3.63) is 29.8 Å². The maximum atomic E-state index is 13.0. The van der Waals surface area contributed by atoms with Crippen molar-refractivity contribution in [1.82, 2.24) is 10.6 Å². The molecule has 0 aliphatic rings. The average Bonchev–Trinajstić information content (AvgIpc) is 2.72. The Hall–Kier alpha value is -2.94. The summed E-state index contributed by atoms with van der Waals surface area (Å²) in [7, 11) is 0. The van der Waals surface area contributed by atoms with E-state index >= 15 is 0 Å². The molecule has 184 valence electrons. The third-order valence-corrected chi connectivity index (χ3v) is 5.04. The molecule has 1 aromatic carbocycles. The van der Waals surface area contributed by atoms with E-state index in [-0.39, 0.29) is 48.7 Å². The van der Waals surface area contributed by atoms with E-state index in [1.54, 1.807) is 24.3 Å². The number of urea groups is 1. The number of anilines is 1. The molecule has 9 heteroatoms. The Balaban J connectivity index is 2.86. The fourth-order valence-electron chi connectivity index (χ4n) is 3.39. The van der Waals surface area contributed by atoms with Crippen LogP contribution in [0.5, 0.6) is 0 Å². The number of amides is 3. The maximum absolute atomic E-state index is 13.0. The van der Waals surface area contributed by atoms with Crippen LogP contribution in [-0.2, 0) is 25.7 Å². The summed E-state index contributed by atoms with van der Waals surface area (Å²) in [6.45, 7) is 9.74. The number of ketones is 1. The van der Waals surface area contributed by atoms with Crippen LogP contribution in [0.25, 0.3) is 0 Å². The van der Waals surface area contributed by atoms with E-state index in [4.69, 9.17) is 10.5 Å². The lowest BCUT2D eigenvalue weighted by molar-refractivity contribution is -0.142. The van der Waals surface area contributed by atoms with Gasteiger partial charge in [-0.3, -0.25) is 14.4 Å². The Kier molecular flexibility index (Phi) is 12.1. The van der Waals surface area contributed by atoms with Gasteiger partial charge in [-0.25, -0.2) is 4.79 Å². The van der Waals surface area contributed by atoms with Gasteiger partial charge in [0, 0.05) is 37.5 Å². The second-order valence-electron chi connectivity index (χ2n) is 8.81. The smallest absolute Gasteiger partial charge is 0.312 e. The summed E-state index contributed by atoms with van der Waals surface area (Å²) in [6.07, 6.45) is 1.03. The number of nitrogens with one attached hydrogen (secondary N) is 3. The molecule has 2 atom stereocenters. The Morgan fingerprint density at radius 1 is 1.03 bits per heavy atom. The summed E-state index contributed by atoms with van der Waals surface area (Å²) >= 11 is 0. The van der Waals surface area contributed by atoms with Gasteiger partial charge >= 0.3 is 12.0 Å². The molecule has 0 saturated heterocycles. The normalized spacial score (nSPS) is 12.8. The van der Waals surface area contributed by atoms with Crippen LogP contribution in [0.2, 0.25) is 0 Å². The first-order chi connectivity index (χ1) is 15.5. The van der Waals surface area contributed by atoms with E-state index in [1.807, 2.05) is 27.7 Å². The Labute approximate surface area is 196 Å². The minimum Gasteiger partial charge on any atom is -0.461 e. The number of hydrogen-bond donors (Lipinski definition) is 4. The van der Waals surface area contributed by atoms with E-state index in [0.29, 0.717) is 25.1 Å². The molecule has 0 aliphatic heterocycles. The maximum Gasteiger partial charge on any atom is 0.312 e. The van der Waals surface area contributed by atoms with Gasteiger partial charge < -0.3 is 26.4 Å². The van der Waals surface area contributed by atoms with E-state index in [1.165, 1.54) is 6.92 Å². The second-order valence-corrected chi connectivity index (χ2v) is 8.81. The van der Waals surface area contributed by atoms with Gasteiger partial charge in [0.1, 0.15) is 6.61 Å². The molecule has 0 heterocycles. The monoisotopic (exact) mass is 462 g/mol. The molecular formula is C24H38N4O5. The summed E-state index contributed by atoms with van der Waals surface area (Å²) in [5.41, 5.74) is 6.48. The van der Waals surface area contributed by atoms with Gasteiger partial charge in [-0.1, -0.05) is 39.8 Å². The predicted molar refractivity (Wildman–Crippen MR) is 127 cm³/mol. The summed E-state index contributed by atoms with van der Waals surface area (Å²) in [6, 6.07) is 6.14. The molecule has 0 saturated carbocycles. The SMILES string of the molecule is CC(=O)OCc1ccc(NC(=O)[C@H](CCCNC(N)=O)CC(=O)[C@@H](NC(C)C)C(C)C)cc1. The molecule has 0 aliphatic carbocycles. The molecule has 0 bridgehead atoms. The van der Waals surface area contributed by atoms with Gasteiger partial charge in [0.2, 0.25) is 5.91 Å². The number of carbonyl (C=O) groups excluding carboxylic acids is 4. The predicted octanol–water partition coefficient (Wildman–Crippen LogP) is 2.73. The fraction of sp³-hybridized carbons (Fsp3) is 0.583. The van der Waals surface area contributed by atoms with Crippen molar-refractivity contribution in [2.75, 3.05) is 11.9 Å². The minimum absolute atomic E-state index is 0.0153. The van der Waals surface area contributed by atoms with Gasteiger partial charge in [-0.05, 0) is 36.5 Å². The van der Waals surface area contributed by atoms with Crippen LogP contribution in [0.1, 0.15) is 59.4 Å². The van der Waals surface area contributed by atoms with Crippen molar-refractivity contribution in [3.63, 3.8) is 0 Å².